The largest absolute Gasteiger partial charge is 0.316 e. The molecule has 2 fully saturated rings. The van der Waals surface area contributed by atoms with E-state index in [1.165, 1.54) is 45.3 Å². The summed E-state index contributed by atoms with van der Waals surface area (Å²) in [7, 11) is 0. The summed E-state index contributed by atoms with van der Waals surface area (Å²) < 4.78 is 0. The molecule has 0 amide bonds. The second-order valence-corrected chi connectivity index (χ2v) is 3.88. The van der Waals surface area contributed by atoms with E-state index in [9.17, 15) is 0 Å². The SMILES string of the molecule is C1CC(CCNC2CC2)CN1. The lowest BCUT2D eigenvalue weighted by Crippen LogP contribution is -2.21. The second-order valence-electron chi connectivity index (χ2n) is 3.88. The number of nitrogens with one attached hydrogen (secondary N) is 2. The molecule has 0 spiro atoms. The fraction of sp³-hybridized carbons (Fsp3) is 1.00. The van der Waals surface area contributed by atoms with Gasteiger partial charge in [-0.3, -0.25) is 0 Å². The predicted molar refractivity (Wildman–Crippen MR) is 46.6 cm³/mol. The summed E-state index contributed by atoms with van der Waals surface area (Å²) in [5, 5.41) is 6.95. The maximum absolute atomic E-state index is 3.56. The summed E-state index contributed by atoms with van der Waals surface area (Å²) in [6, 6.07) is 0.893. The van der Waals surface area contributed by atoms with Gasteiger partial charge in [-0.1, -0.05) is 0 Å². The number of hydrogen-bond donors (Lipinski definition) is 2. The van der Waals surface area contributed by atoms with Gasteiger partial charge in [0.05, 0.1) is 0 Å². The molecular formula is C9H18N2. The van der Waals surface area contributed by atoms with Gasteiger partial charge in [0, 0.05) is 6.04 Å². The van der Waals surface area contributed by atoms with Crippen molar-refractivity contribution in [3.8, 4) is 0 Å². The average molecular weight is 154 g/mol. The molecule has 2 N–H and O–H groups in total. The highest BCUT2D eigenvalue weighted by molar-refractivity contribution is 4.81. The smallest absolute Gasteiger partial charge is 0.00682 e. The molecule has 2 nitrogen and oxygen atoms in total. The van der Waals surface area contributed by atoms with Crippen LogP contribution in [-0.2, 0) is 0 Å². The minimum absolute atomic E-state index is 0.893. The van der Waals surface area contributed by atoms with E-state index < -0.39 is 0 Å². The van der Waals surface area contributed by atoms with Crippen LogP contribution < -0.4 is 10.6 Å². The molecule has 1 saturated heterocycles. The molecule has 1 saturated carbocycles. The van der Waals surface area contributed by atoms with Crippen LogP contribution in [0.2, 0.25) is 0 Å². The first-order valence-corrected chi connectivity index (χ1v) is 4.89. The molecule has 1 heterocycles. The Bertz CT molecular complexity index is 115. The second kappa shape index (κ2) is 3.55. The molecule has 2 heteroatoms. The van der Waals surface area contributed by atoms with Gasteiger partial charge in [0.1, 0.15) is 0 Å². The van der Waals surface area contributed by atoms with Gasteiger partial charge in [-0.25, -0.2) is 0 Å². The van der Waals surface area contributed by atoms with E-state index in [0.717, 1.165) is 12.0 Å². The first-order valence-electron chi connectivity index (χ1n) is 4.89. The molecule has 2 aliphatic rings. The van der Waals surface area contributed by atoms with Crippen molar-refractivity contribution in [1.82, 2.24) is 10.6 Å². The van der Waals surface area contributed by atoms with Crippen molar-refractivity contribution in [2.24, 2.45) is 5.92 Å². The fourth-order valence-corrected chi connectivity index (χ4v) is 1.74. The van der Waals surface area contributed by atoms with Crippen molar-refractivity contribution < 1.29 is 0 Å². The molecule has 0 aromatic carbocycles. The van der Waals surface area contributed by atoms with Gasteiger partial charge < -0.3 is 10.6 Å². The van der Waals surface area contributed by atoms with E-state index in [4.69, 9.17) is 0 Å². The quantitative estimate of drug-likeness (QED) is 0.624. The molecule has 11 heavy (non-hydrogen) atoms. The van der Waals surface area contributed by atoms with Gasteiger partial charge in [0.2, 0.25) is 0 Å². The number of rotatable bonds is 4. The van der Waals surface area contributed by atoms with Crippen LogP contribution >= 0.6 is 0 Å². The Morgan fingerprint density at radius 3 is 2.82 bits per heavy atom. The summed E-state index contributed by atoms with van der Waals surface area (Å²) in [5.74, 6) is 0.959. The zero-order chi connectivity index (χ0) is 7.52. The van der Waals surface area contributed by atoms with E-state index in [1.54, 1.807) is 0 Å². The zero-order valence-electron chi connectivity index (χ0n) is 7.10. The Kier molecular flexibility index (Phi) is 2.44. The third kappa shape index (κ3) is 2.46. The van der Waals surface area contributed by atoms with Crippen LogP contribution in [0, 0.1) is 5.92 Å². The first-order chi connectivity index (χ1) is 5.45. The molecule has 2 rings (SSSR count). The Labute approximate surface area is 68.7 Å². The summed E-state index contributed by atoms with van der Waals surface area (Å²) >= 11 is 0. The summed E-state index contributed by atoms with van der Waals surface area (Å²) in [4.78, 5) is 0. The third-order valence-corrected chi connectivity index (χ3v) is 2.73. The molecule has 0 aromatic heterocycles. The molecular weight excluding hydrogens is 136 g/mol. The summed E-state index contributed by atoms with van der Waals surface area (Å²) in [5.41, 5.74) is 0. The molecule has 1 atom stereocenters. The van der Waals surface area contributed by atoms with Gasteiger partial charge in [0.15, 0.2) is 0 Å². The summed E-state index contributed by atoms with van der Waals surface area (Å²) in [6.07, 6.45) is 5.61. The maximum Gasteiger partial charge on any atom is 0.00682 e. The average Bonchev–Trinajstić information content (AvgIpc) is 2.66. The van der Waals surface area contributed by atoms with Crippen LogP contribution in [0.4, 0.5) is 0 Å². The van der Waals surface area contributed by atoms with Crippen molar-refractivity contribution >= 4 is 0 Å². The highest BCUT2D eigenvalue weighted by Gasteiger charge is 2.21. The van der Waals surface area contributed by atoms with Crippen molar-refractivity contribution in [1.29, 1.82) is 0 Å². The summed E-state index contributed by atoms with van der Waals surface area (Å²) in [6.45, 7) is 3.75. The Hall–Kier alpha value is -0.0800. The van der Waals surface area contributed by atoms with E-state index in [1.807, 2.05) is 0 Å². The van der Waals surface area contributed by atoms with Gasteiger partial charge in [0.25, 0.3) is 0 Å². The van der Waals surface area contributed by atoms with Crippen LogP contribution in [-0.4, -0.2) is 25.7 Å². The Morgan fingerprint density at radius 2 is 2.18 bits per heavy atom. The molecule has 64 valence electrons. The highest BCUT2D eigenvalue weighted by atomic mass is 14.9. The van der Waals surface area contributed by atoms with Crippen LogP contribution in [0.15, 0.2) is 0 Å². The van der Waals surface area contributed by atoms with E-state index in [0.29, 0.717) is 0 Å². The van der Waals surface area contributed by atoms with Gasteiger partial charge in [-0.15, -0.1) is 0 Å². The minimum Gasteiger partial charge on any atom is -0.316 e. The Balaban J connectivity index is 1.51. The van der Waals surface area contributed by atoms with E-state index in [-0.39, 0.29) is 0 Å². The van der Waals surface area contributed by atoms with E-state index in [2.05, 4.69) is 10.6 Å². The predicted octanol–water partition coefficient (Wildman–Crippen LogP) is 0.738. The highest BCUT2D eigenvalue weighted by Crippen LogP contribution is 2.19. The molecule has 0 aromatic rings. The lowest BCUT2D eigenvalue weighted by atomic mass is 10.1. The van der Waals surface area contributed by atoms with Crippen LogP contribution in [0.3, 0.4) is 0 Å². The Morgan fingerprint density at radius 1 is 1.27 bits per heavy atom. The topological polar surface area (TPSA) is 24.1 Å². The lowest BCUT2D eigenvalue weighted by Gasteiger charge is -2.07. The third-order valence-electron chi connectivity index (χ3n) is 2.73. The molecule has 0 radical (unpaired) electrons. The van der Waals surface area contributed by atoms with Crippen molar-refractivity contribution in [3.63, 3.8) is 0 Å². The molecule has 1 aliphatic carbocycles. The van der Waals surface area contributed by atoms with E-state index >= 15 is 0 Å². The normalized spacial score (nSPS) is 31.1. The lowest BCUT2D eigenvalue weighted by molar-refractivity contribution is 0.499. The monoisotopic (exact) mass is 154 g/mol. The first kappa shape index (κ1) is 7.56. The van der Waals surface area contributed by atoms with Gasteiger partial charge in [-0.05, 0) is 51.2 Å². The standard InChI is InChI=1S/C9H18N2/c1-2-9(1)11-6-4-8-3-5-10-7-8/h8-11H,1-7H2. The molecule has 0 bridgehead atoms. The van der Waals surface area contributed by atoms with Crippen LogP contribution in [0.5, 0.6) is 0 Å². The van der Waals surface area contributed by atoms with Crippen molar-refractivity contribution in [2.45, 2.75) is 31.7 Å². The molecule has 1 unspecified atom stereocenters. The van der Waals surface area contributed by atoms with Crippen LogP contribution in [0.1, 0.15) is 25.7 Å². The number of hydrogen-bond acceptors (Lipinski definition) is 2. The van der Waals surface area contributed by atoms with Crippen molar-refractivity contribution in [2.75, 3.05) is 19.6 Å². The molecule has 1 aliphatic heterocycles. The fourth-order valence-electron chi connectivity index (χ4n) is 1.74. The van der Waals surface area contributed by atoms with Crippen molar-refractivity contribution in [3.05, 3.63) is 0 Å². The minimum atomic E-state index is 0.893. The maximum atomic E-state index is 3.56. The van der Waals surface area contributed by atoms with Gasteiger partial charge in [-0.2, -0.15) is 0 Å². The zero-order valence-corrected chi connectivity index (χ0v) is 7.10. The van der Waals surface area contributed by atoms with Gasteiger partial charge >= 0.3 is 0 Å². The van der Waals surface area contributed by atoms with Crippen LogP contribution in [0.25, 0.3) is 0 Å².